The highest BCUT2D eigenvalue weighted by molar-refractivity contribution is 7.10. The Bertz CT molecular complexity index is 978. The van der Waals surface area contributed by atoms with Gasteiger partial charge in [-0.3, -0.25) is 9.59 Å². The molecular formula is C19H17N3O2S. The van der Waals surface area contributed by atoms with E-state index < -0.39 is 0 Å². The van der Waals surface area contributed by atoms with Crippen LogP contribution in [0.4, 0.5) is 0 Å². The summed E-state index contributed by atoms with van der Waals surface area (Å²) >= 11 is 1.74. The summed E-state index contributed by atoms with van der Waals surface area (Å²) < 4.78 is 1.20. The van der Waals surface area contributed by atoms with Gasteiger partial charge in [0.05, 0.1) is 6.04 Å². The van der Waals surface area contributed by atoms with Gasteiger partial charge < -0.3 is 4.90 Å². The van der Waals surface area contributed by atoms with Gasteiger partial charge in [0.25, 0.3) is 11.5 Å². The van der Waals surface area contributed by atoms with Crippen LogP contribution in [0.2, 0.25) is 0 Å². The van der Waals surface area contributed by atoms with Crippen LogP contribution < -0.4 is 5.56 Å². The molecule has 3 heterocycles. The van der Waals surface area contributed by atoms with Crippen LogP contribution in [-0.2, 0) is 13.5 Å². The fraction of sp³-hybridized carbons (Fsp3) is 0.211. The lowest BCUT2D eigenvalue weighted by molar-refractivity contribution is 0.0687. The van der Waals surface area contributed by atoms with E-state index >= 15 is 0 Å². The van der Waals surface area contributed by atoms with E-state index in [0.29, 0.717) is 12.2 Å². The van der Waals surface area contributed by atoms with Crippen LogP contribution in [-0.4, -0.2) is 27.1 Å². The molecule has 0 unspecified atom stereocenters. The molecule has 1 atom stereocenters. The number of aromatic nitrogens is 2. The SMILES string of the molecule is Cn1nc(C(=O)N2CCc3sccc3[C@H]2c2ccccc2)ccc1=O. The lowest BCUT2D eigenvalue weighted by Crippen LogP contribution is -2.41. The van der Waals surface area contributed by atoms with Crippen LogP contribution in [0.3, 0.4) is 0 Å². The van der Waals surface area contributed by atoms with E-state index in [0.717, 1.165) is 12.0 Å². The lowest BCUT2D eigenvalue weighted by Gasteiger charge is -2.36. The fourth-order valence-corrected chi connectivity index (χ4v) is 4.20. The summed E-state index contributed by atoms with van der Waals surface area (Å²) in [4.78, 5) is 27.9. The van der Waals surface area contributed by atoms with Crippen molar-refractivity contribution in [2.24, 2.45) is 7.05 Å². The lowest BCUT2D eigenvalue weighted by atomic mass is 9.93. The molecule has 0 spiro atoms. The Morgan fingerprint density at radius 3 is 2.72 bits per heavy atom. The third-order valence-corrected chi connectivity index (χ3v) is 5.52. The van der Waals surface area contributed by atoms with Gasteiger partial charge in [-0.15, -0.1) is 11.3 Å². The number of carbonyl (C=O) groups excluding carboxylic acids is 1. The van der Waals surface area contributed by atoms with Gasteiger partial charge >= 0.3 is 0 Å². The standard InChI is InChI=1S/C19H17N3O2S/c1-21-17(23)8-7-15(20-21)19(24)22-11-9-16-14(10-12-25-16)18(22)13-5-3-2-4-6-13/h2-8,10,12,18H,9,11H2,1H3/t18-/m1/s1. The van der Waals surface area contributed by atoms with E-state index in [1.54, 1.807) is 18.4 Å². The van der Waals surface area contributed by atoms with Crippen molar-refractivity contribution in [2.75, 3.05) is 6.54 Å². The minimum absolute atomic E-state index is 0.122. The predicted molar refractivity (Wildman–Crippen MR) is 96.8 cm³/mol. The number of thiophene rings is 1. The van der Waals surface area contributed by atoms with Gasteiger partial charge in [0.15, 0.2) is 0 Å². The summed E-state index contributed by atoms with van der Waals surface area (Å²) in [6.07, 6.45) is 0.841. The van der Waals surface area contributed by atoms with Gasteiger partial charge in [0, 0.05) is 24.5 Å². The number of nitrogens with zero attached hydrogens (tertiary/aromatic N) is 3. The zero-order valence-electron chi connectivity index (χ0n) is 13.8. The summed E-state index contributed by atoms with van der Waals surface area (Å²) in [7, 11) is 1.56. The maximum atomic E-state index is 13.1. The number of aryl methyl sites for hydroxylation is 1. The molecule has 1 aliphatic heterocycles. The van der Waals surface area contributed by atoms with Crippen LogP contribution in [0.25, 0.3) is 0 Å². The van der Waals surface area contributed by atoms with Crippen molar-refractivity contribution < 1.29 is 4.79 Å². The molecule has 2 aromatic heterocycles. The van der Waals surface area contributed by atoms with Crippen LogP contribution in [0, 0.1) is 0 Å². The minimum Gasteiger partial charge on any atom is -0.326 e. The number of benzene rings is 1. The number of hydrogen-bond acceptors (Lipinski definition) is 4. The minimum atomic E-state index is -0.227. The molecule has 0 aliphatic carbocycles. The zero-order valence-corrected chi connectivity index (χ0v) is 14.6. The number of hydrogen-bond donors (Lipinski definition) is 0. The highest BCUT2D eigenvalue weighted by Crippen LogP contribution is 2.38. The summed E-state index contributed by atoms with van der Waals surface area (Å²) in [5.41, 5.74) is 2.33. The number of rotatable bonds is 2. The zero-order chi connectivity index (χ0) is 17.4. The topological polar surface area (TPSA) is 55.2 Å². The molecule has 5 nitrogen and oxygen atoms in total. The van der Waals surface area contributed by atoms with Crippen LogP contribution in [0.5, 0.6) is 0 Å². The van der Waals surface area contributed by atoms with Crippen LogP contribution in [0.15, 0.2) is 58.7 Å². The molecule has 1 aromatic carbocycles. The molecule has 4 rings (SSSR count). The first-order valence-electron chi connectivity index (χ1n) is 8.11. The second-order valence-corrected chi connectivity index (χ2v) is 7.04. The van der Waals surface area contributed by atoms with Crippen LogP contribution in [0.1, 0.15) is 32.5 Å². The second kappa shape index (κ2) is 6.29. The van der Waals surface area contributed by atoms with Crippen molar-refractivity contribution in [1.82, 2.24) is 14.7 Å². The fourth-order valence-electron chi connectivity index (χ4n) is 3.29. The van der Waals surface area contributed by atoms with E-state index in [9.17, 15) is 9.59 Å². The van der Waals surface area contributed by atoms with E-state index in [1.165, 1.54) is 27.3 Å². The quantitative estimate of drug-likeness (QED) is 0.713. The van der Waals surface area contributed by atoms with Crippen molar-refractivity contribution in [2.45, 2.75) is 12.5 Å². The van der Waals surface area contributed by atoms with Crippen molar-refractivity contribution >= 4 is 17.2 Å². The van der Waals surface area contributed by atoms with Gasteiger partial charge in [-0.05, 0) is 35.1 Å². The Labute approximate surface area is 149 Å². The molecule has 1 amide bonds. The van der Waals surface area contributed by atoms with Crippen LogP contribution >= 0.6 is 11.3 Å². The Balaban J connectivity index is 1.78. The Hall–Kier alpha value is -2.73. The van der Waals surface area contributed by atoms with E-state index in [-0.39, 0.29) is 17.5 Å². The average molecular weight is 351 g/mol. The van der Waals surface area contributed by atoms with Gasteiger partial charge in [-0.2, -0.15) is 5.10 Å². The summed E-state index contributed by atoms with van der Waals surface area (Å²) in [6.45, 7) is 0.635. The molecule has 0 N–H and O–H groups in total. The normalized spacial score (nSPS) is 16.5. The maximum Gasteiger partial charge on any atom is 0.275 e. The third kappa shape index (κ3) is 2.78. The summed E-state index contributed by atoms with van der Waals surface area (Å²) in [5, 5.41) is 6.22. The monoisotopic (exact) mass is 351 g/mol. The molecule has 25 heavy (non-hydrogen) atoms. The molecule has 0 saturated carbocycles. The first-order chi connectivity index (χ1) is 12.1. The average Bonchev–Trinajstić information content (AvgIpc) is 3.12. The molecule has 0 bridgehead atoms. The predicted octanol–water partition coefficient (Wildman–Crippen LogP) is 2.63. The van der Waals surface area contributed by atoms with Gasteiger partial charge in [-0.25, -0.2) is 4.68 Å². The highest BCUT2D eigenvalue weighted by Gasteiger charge is 2.33. The largest absolute Gasteiger partial charge is 0.326 e. The first-order valence-corrected chi connectivity index (χ1v) is 8.99. The Morgan fingerprint density at radius 1 is 1.16 bits per heavy atom. The Kier molecular flexibility index (Phi) is 3.97. The molecule has 3 aromatic rings. The van der Waals surface area contributed by atoms with Crippen molar-refractivity contribution in [3.05, 3.63) is 86.0 Å². The highest BCUT2D eigenvalue weighted by atomic mass is 32.1. The first kappa shape index (κ1) is 15.8. The number of carbonyl (C=O) groups is 1. The van der Waals surface area contributed by atoms with E-state index in [4.69, 9.17) is 0 Å². The Morgan fingerprint density at radius 2 is 1.96 bits per heavy atom. The second-order valence-electron chi connectivity index (χ2n) is 6.04. The molecule has 6 heteroatoms. The number of fused-ring (bicyclic) bond motifs is 1. The summed E-state index contributed by atoms with van der Waals surface area (Å²) in [6, 6.07) is 14.9. The van der Waals surface area contributed by atoms with Gasteiger partial charge in [0.2, 0.25) is 0 Å². The summed E-state index contributed by atoms with van der Waals surface area (Å²) in [5.74, 6) is -0.152. The van der Waals surface area contributed by atoms with Gasteiger partial charge in [-0.1, -0.05) is 30.3 Å². The van der Waals surface area contributed by atoms with E-state index in [2.05, 4.69) is 16.5 Å². The number of amides is 1. The van der Waals surface area contributed by atoms with Gasteiger partial charge in [0.1, 0.15) is 5.69 Å². The molecule has 126 valence electrons. The van der Waals surface area contributed by atoms with Crippen molar-refractivity contribution in [3.8, 4) is 0 Å². The molecule has 1 aliphatic rings. The molecule has 0 saturated heterocycles. The molecular weight excluding hydrogens is 334 g/mol. The third-order valence-electron chi connectivity index (χ3n) is 4.52. The molecule has 0 fully saturated rings. The molecule has 0 radical (unpaired) electrons. The maximum absolute atomic E-state index is 13.1. The smallest absolute Gasteiger partial charge is 0.275 e. The van der Waals surface area contributed by atoms with E-state index in [1.807, 2.05) is 35.2 Å². The van der Waals surface area contributed by atoms with Crippen molar-refractivity contribution in [3.63, 3.8) is 0 Å². The van der Waals surface area contributed by atoms with Crippen molar-refractivity contribution in [1.29, 1.82) is 0 Å².